The number of morpholine rings is 1. The van der Waals surface area contributed by atoms with E-state index in [1.807, 2.05) is 11.8 Å². The summed E-state index contributed by atoms with van der Waals surface area (Å²) in [4.78, 5) is 13.0. The maximum atomic E-state index is 11.0. The van der Waals surface area contributed by atoms with Gasteiger partial charge in [0, 0.05) is 13.1 Å². The fraction of sp³-hybridized carbons (Fsp3) is 0.909. The molecule has 0 aromatic heterocycles. The normalized spacial score (nSPS) is 25.1. The van der Waals surface area contributed by atoms with E-state index in [1.165, 1.54) is 0 Å². The topological polar surface area (TPSA) is 49.8 Å². The largest absolute Gasteiger partial charge is 0.480 e. The second-order valence-corrected chi connectivity index (χ2v) is 4.04. The first-order valence-electron chi connectivity index (χ1n) is 5.77. The van der Waals surface area contributed by atoms with Crippen molar-refractivity contribution >= 4 is 5.97 Å². The van der Waals surface area contributed by atoms with Crippen molar-refractivity contribution in [2.45, 2.75) is 45.3 Å². The molecule has 0 radical (unpaired) electrons. The molecule has 1 heterocycles. The van der Waals surface area contributed by atoms with Gasteiger partial charge in [0.05, 0.1) is 12.7 Å². The molecule has 0 saturated carbocycles. The summed E-state index contributed by atoms with van der Waals surface area (Å²) in [5.74, 6) is -0.713. The first-order valence-corrected chi connectivity index (χ1v) is 5.77. The second kappa shape index (κ2) is 6.08. The molecule has 1 saturated heterocycles. The highest BCUT2D eigenvalue weighted by atomic mass is 16.5. The summed E-state index contributed by atoms with van der Waals surface area (Å²) in [6, 6.07) is -0.340. The SMILES string of the molecule is CCCC1CN(C(CC)C(=O)O)CCO1. The molecule has 1 aliphatic rings. The Hall–Kier alpha value is -0.610. The first-order chi connectivity index (χ1) is 7.19. The molecule has 1 N–H and O–H groups in total. The van der Waals surface area contributed by atoms with E-state index in [1.54, 1.807) is 0 Å². The van der Waals surface area contributed by atoms with E-state index >= 15 is 0 Å². The average Bonchev–Trinajstić information content (AvgIpc) is 2.19. The summed E-state index contributed by atoms with van der Waals surface area (Å²) < 4.78 is 5.59. The van der Waals surface area contributed by atoms with Crippen LogP contribution in [0.25, 0.3) is 0 Å². The zero-order chi connectivity index (χ0) is 11.3. The molecule has 88 valence electrons. The number of ether oxygens (including phenoxy) is 1. The first kappa shape index (κ1) is 12.5. The summed E-state index contributed by atoms with van der Waals surface area (Å²) in [5, 5.41) is 9.06. The summed E-state index contributed by atoms with van der Waals surface area (Å²) in [6.45, 7) is 6.21. The molecule has 0 amide bonds. The minimum Gasteiger partial charge on any atom is -0.480 e. The van der Waals surface area contributed by atoms with Crippen LogP contribution in [-0.2, 0) is 9.53 Å². The van der Waals surface area contributed by atoms with Crippen molar-refractivity contribution in [2.24, 2.45) is 0 Å². The summed E-state index contributed by atoms with van der Waals surface area (Å²) >= 11 is 0. The molecule has 2 unspecified atom stereocenters. The highest BCUT2D eigenvalue weighted by molar-refractivity contribution is 5.73. The van der Waals surface area contributed by atoms with Crippen LogP contribution in [0.5, 0.6) is 0 Å². The number of hydrogen-bond acceptors (Lipinski definition) is 3. The van der Waals surface area contributed by atoms with Crippen molar-refractivity contribution in [3.8, 4) is 0 Å². The number of nitrogens with zero attached hydrogens (tertiary/aromatic N) is 1. The number of aliphatic carboxylic acids is 1. The summed E-state index contributed by atoms with van der Waals surface area (Å²) in [6.07, 6.45) is 2.99. The van der Waals surface area contributed by atoms with Crippen molar-refractivity contribution in [2.75, 3.05) is 19.7 Å². The van der Waals surface area contributed by atoms with Gasteiger partial charge in [-0.25, -0.2) is 0 Å². The van der Waals surface area contributed by atoms with Crippen LogP contribution in [0.15, 0.2) is 0 Å². The molecule has 4 heteroatoms. The van der Waals surface area contributed by atoms with E-state index in [4.69, 9.17) is 9.84 Å². The van der Waals surface area contributed by atoms with Gasteiger partial charge in [0.1, 0.15) is 6.04 Å². The van der Waals surface area contributed by atoms with Gasteiger partial charge >= 0.3 is 5.97 Å². The second-order valence-electron chi connectivity index (χ2n) is 4.04. The van der Waals surface area contributed by atoms with Crippen LogP contribution in [-0.4, -0.2) is 47.8 Å². The molecule has 15 heavy (non-hydrogen) atoms. The smallest absolute Gasteiger partial charge is 0.320 e. The minimum absolute atomic E-state index is 0.220. The Bertz CT molecular complexity index is 206. The molecule has 1 rings (SSSR count). The molecular formula is C11H21NO3. The van der Waals surface area contributed by atoms with E-state index < -0.39 is 5.97 Å². The van der Waals surface area contributed by atoms with Gasteiger partial charge in [0.25, 0.3) is 0 Å². The highest BCUT2D eigenvalue weighted by Gasteiger charge is 2.28. The average molecular weight is 215 g/mol. The van der Waals surface area contributed by atoms with Crippen LogP contribution in [0.4, 0.5) is 0 Å². The van der Waals surface area contributed by atoms with E-state index in [-0.39, 0.29) is 12.1 Å². The molecular weight excluding hydrogens is 194 g/mol. The molecule has 0 aromatic carbocycles. The fourth-order valence-corrected chi connectivity index (χ4v) is 2.11. The van der Waals surface area contributed by atoms with Gasteiger partial charge in [-0.05, 0) is 12.8 Å². The molecule has 0 bridgehead atoms. The Morgan fingerprint density at radius 3 is 2.87 bits per heavy atom. The van der Waals surface area contributed by atoms with Gasteiger partial charge in [-0.3, -0.25) is 9.69 Å². The van der Waals surface area contributed by atoms with Crippen molar-refractivity contribution in [1.82, 2.24) is 4.90 Å². The van der Waals surface area contributed by atoms with E-state index in [0.717, 1.165) is 25.9 Å². The lowest BCUT2D eigenvalue weighted by molar-refractivity contribution is -0.146. The minimum atomic E-state index is -0.713. The molecule has 4 nitrogen and oxygen atoms in total. The van der Waals surface area contributed by atoms with Crippen molar-refractivity contribution in [3.63, 3.8) is 0 Å². The number of carboxylic acids is 1. The van der Waals surface area contributed by atoms with Crippen molar-refractivity contribution < 1.29 is 14.6 Å². The Morgan fingerprint density at radius 1 is 1.60 bits per heavy atom. The van der Waals surface area contributed by atoms with Crippen LogP contribution in [0.2, 0.25) is 0 Å². The Balaban J connectivity index is 2.50. The maximum absolute atomic E-state index is 11.0. The number of hydrogen-bond donors (Lipinski definition) is 1. The van der Waals surface area contributed by atoms with E-state index in [0.29, 0.717) is 13.0 Å². The Morgan fingerprint density at radius 2 is 2.33 bits per heavy atom. The number of carbonyl (C=O) groups is 1. The monoisotopic (exact) mass is 215 g/mol. The number of rotatable bonds is 5. The third-order valence-electron chi connectivity index (χ3n) is 2.89. The van der Waals surface area contributed by atoms with Crippen molar-refractivity contribution in [3.05, 3.63) is 0 Å². The lowest BCUT2D eigenvalue weighted by Crippen LogP contribution is -2.50. The van der Waals surface area contributed by atoms with Gasteiger partial charge in [-0.15, -0.1) is 0 Å². The third-order valence-corrected chi connectivity index (χ3v) is 2.89. The lowest BCUT2D eigenvalue weighted by Gasteiger charge is -2.36. The third kappa shape index (κ3) is 3.47. The zero-order valence-corrected chi connectivity index (χ0v) is 9.61. The highest BCUT2D eigenvalue weighted by Crippen LogP contribution is 2.14. The van der Waals surface area contributed by atoms with E-state index in [2.05, 4.69) is 6.92 Å². The maximum Gasteiger partial charge on any atom is 0.320 e. The van der Waals surface area contributed by atoms with Crippen LogP contribution in [0, 0.1) is 0 Å². The van der Waals surface area contributed by atoms with Gasteiger partial charge in [0.15, 0.2) is 0 Å². The summed E-state index contributed by atoms with van der Waals surface area (Å²) in [5.41, 5.74) is 0. The van der Waals surface area contributed by atoms with Gasteiger partial charge in [-0.1, -0.05) is 20.3 Å². The molecule has 0 aromatic rings. The van der Waals surface area contributed by atoms with E-state index in [9.17, 15) is 4.79 Å². The molecule has 1 aliphatic heterocycles. The predicted octanol–water partition coefficient (Wildman–Crippen LogP) is 1.35. The van der Waals surface area contributed by atoms with Crippen LogP contribution in [0.3, 0.4) is 0 Å². The van der Waals surface area contributed by atoms with Crippen LogP contribution >= 0.6 is 0 Å². The lowest BCUT2D eigenvalue weighted by atomic mass is 10.1. The van der Waals surface area contributed by atoms with Crippen LogP contribution < -0.4 is 0 Å². The molecule has 1 fully saturated rings. The summed E-state index contributed by atoms with van der Waals surface area (Å²) in [7, 11) is 0. The quantitative estimate of drug-likeness (QED) is 0.752. The van der Waals surface area contributed by atoms with Crippen molar-refractivity contribution in [1.29, 1.82) is 0 Å². The van der Waals surface area contributed by atoms with Gasteiger partial charge in [-0.2, -0.15) is 0 Å². The molecule has 2 atom stereocenters. The predicted molar refractivity (Wildman–Crippen MR) is 57.9 cm³/mol. The number of carboxylic acid groups (broad SMARTS) is 1. The standard InChI is InChI=1S/C11H21NO3/c1-3-5-9-8-12(6-7-15-9)10(4-2)11(13)14/h9-10H,3-8H2,1-2H3,(H,13,14). The Kier molecular flexibility index (Phi) is 5.05. The fourth-order valence-electron chi connectivity index (χ4n) is 2.11. The Labute approximate surface area is 91.2 Å². The molecule has 0 aliphatic carbocycles. The molecule has 0 spiro atoms. The zero-order valence-electron chi connectivity index (χ0n) is 9.61. The van der Waals surface area contributed by atoms with Crippen LogP contribution in [0.1, 0.15) is 33.1 Å². The van der Waals surface area contributed by atoms with Gasteiger partial charge in [0.2, 0.25) is 0 Å². The van der Waals surface area contributed by atoms with Gasteiger partial charge < -0.3 is 9.84 Å².